The van der Waals surface area contributed by atoms with Gasteiger partial charge in [-0.05, 0) is 78.4 Å². The second-order valence-corrected chi connectivity index (χ2v) is 10.6. The number of anilines is 1. The van der Waals surface area contributed by atoms with E-state index in [-0.39, 0.29) is 29.2 Å². The lowest BCUT2D eigenvalue weighted by atomic mass is 10.1. The lowest BCUT2D eigenvalue weighted by molar-refractivity contribution is -0.123. The van der Waals surface area contributed by atoms with Gasteiger partial charge in [-0.1, -0.05) is 57.3 Å². The SMILES string of the molecule is Cc1ccc(NC(=O)COc2ccc(Br)cc2/C=C2\SC(=O)N(Cc3ccc(Cl)cc3)C2=O)cc1Cl. The third kappa shape index (κ3) is 6.50. The van der Waals surface area contributed by atoms with Gasteiger partial charge in [0.25, 0.3) is 17.1 Å². The molecule has 184 valence electrons. The van der Waals surface area contributed by atoms with Crippen LogP contribution in [0, 0.1) is 6.92 Å². The number of hydrogen-bond donors (Lipinski definition) is 1. The smallest absolute Gasteiger partial charge is 0.293 e. The Morgan fingerprint density at radius 2 is 1.83 bits per heavy atom. The molecule has 3 amide bonds. The molecule has 36 heavy (non-hydrogen) atoms. The zero-order valence-electron chi connectivity index (χ0n) is 18.9. The molecule has 3 aromatic carbocycles. The molecule has 0 atom stereocenters. The van der Waals surface area contributed by atoms with E-state index in [0.29, 0.717) is 27.0 Å². The van der Waals surface area contributed by atoms with Gasteiger partial charge in [0.05, 0.1) is 11.4 Å². The molecule has 0 spiro atoms. The zero-order valence-corrected chi connectivity index (χ0v) is 22.8. The molecule has 0 radical (unpaired) electrons. The first-order chi connectivity index (χ1) is 17.2. The molecule has 1 N–H and O–H groups in total. The number of ether oxygens (including phenoxy) is 1. The number of carbonyl (C=O) groups excluding carboxylic acids is 3. The van der Waals surface area contributed by atoms with Gasteiger partial charge < -0.3 is 10.1 Å². The van der Waals surface area contributed by atoms with Gasteiger partial charge in [0, 0.05) is 25.8 Å². The largest absolute Gasteiger partial charge is 0.483 e. The maximum Gasteiger partial charge on any atom is 0.293 e. The van der Waals surface area contributed by atoms with Crippen molar-refractivity contribution >= 4 is 79.7 Å². The number of benzene rings is 3. The van der Waals surface area contributed by atoms with Gasteiger partial charge in [-0.3, -0.25) is 19.3 Å². The molecule has 1 aliphatic rings. The fraction of sp³-hybridized carbons (Fsp3) is 0.115. The van der Waals surface area contributed by atoms with Crippen molar-refractivity contribution < 1.29 is 19.1 Å². The van der Waals surface area contributed by atoms with Gasteiger partial charge in [-0.2, -0.15) is 0 Å². The molecule has 3 aromatic rings. The maximum absolute atomic E-state index is 13.0. The first-order valence-electron chi connectivity index (χ1n) is 10.7. The molecule has 0 bridgehead atoms. The van der Waals surface area contributed by atoms with Crippen LogP contribution in [0.2, 0.25) is 10.0 Å². The number of rotatable bonds is 7. The lowest BCUT2D eigenvalue weighted by Crippen LogP contribution is -2.27. The number of imide groups is 1. The van der Waals surface area contributed by atoms with E-state index in [0.717, 1.165) is 27.4 Å². The van der Waals surface area contributed by atoms with Gasteiger partial charge in [0.1, 0.15) is 5.75 Å². The Morgan fingerprint density at radius 3 is 2.56 bits per heavy atom. The van der Waals surface area contributed by atoms with E-state index in [1.165, 1.54) is 4.90 Å². The highest BCUT2D eigenvalue weighted by molar-refractivity contribution is 9.10. The summed E-state index contributed by atoms with van der Waals surface area (Å²) in [5.74, 6) is -0.383. The molecule has 1 aliphatic heterocycles. The van der Waals surface area contributed by atoms with Crippen LogP contribution < -0.4 is 10.1 Å². The summed E-state index contributed by atoms with van der Waals surface area (Å²) in [5.41, 5.74) is 2.80. The third-order valence-corrected chi connectivity index (χ3v) is 7.26. The Morgan fingerprint density at radius 1 is 1.08 bits per heavy atom. The minimum absolute atomic E-state index is 0.143. The monoisotopic (exact) mass is 604 g/mol. The highest BCUT2D eigenvalue weighted by Crippen LogP contribution is 2.35. The fourth-order valence-electron chi connectivity index (χ4n) is 3.32. The van der Waals surface area contributed by atoms with Crippen molar-refractivity contribution in [2.45, 2.75) is 13.5 Å². The number of nitrogens with zero attached hydrogens (tertiary/aromatic N) is 1. The molecule has 1 heterocycles. The summed E-state index contributed by atoms with van der Waals surface area (Å²) in [6.07, 6.45) is 1.59. The fourth-order valence-corrected chi connectivity index (χ4v) is 4.84. The number of amides is 3. The van der Waals surface area contributed by atoms with Crippen molar-refractivity contribution in [1.29, 1.82) is 0 Å². The predicted molar refractivity (Wildman–Crippen MR) is 147 cm³/mol. The predicted octanol–water partition coefficient (Wildman–Crippen LogP) is 7.32. The number of aryl methyl sites for hydroxylation is 1. The topological polar surface area (TPSA) is 75.7 Å². The standard InChI is InChI=1S/C26H19BrCl2N2O4S/c1-15-2-8-20(12-21(15)29)30-24(32)14-35-22-9-5-18(27)10-17(22)11-23-25(33)31(26(34)36-23)13-16-3-6-19(28)7-4-16/h2-12H,13-14H2,1H3,(H,30,32)/b23-11-. The van der Waals surface area contributed by atoms with Crippen molar-refractivity contribution in [3.63, 3.8) is 0 Å². The summed E-state index contributed by atoms with van der Waals surface area (Å²) in [7, 11) is 0. The average Bonchev–Trinajstić information content (AvgIpc) is 3.09. The molecule has 6 nitrogen and oxygen atoms in total. The second-order valence-electron chi connectivity index (χ2n) is 7.88. The van der Waals surface area contributed by atoms with Gasteiger partial charge >= 0.3 is 0 Å². The van der Waals surface area contributed by atoms with Crippen molar-refractivity contribution in [2.75, 3.05) is 11.9 Å². The van der Waals surface area contributed by atoms with Gasteiger partial charge in [-0.15, -0.1) is 0 Å². The molecule has 0 unspecified atom stereocenters. The summed E-state index contributed by atoms with van der Waals surface area (Å²) in [6.45, 7) is 1.76. The maximum atomic E-state index is 13.0. The molecular formula is C26H19BrCl2N2O4S. The minimum Gasteiger partial charge on any atom is -0.483 e. The third-order valence-electron chi connectivity index (χ3n) is 5.20. The van der Waals surface area contributed by atoms with Crippen LogP contribution in [0.1, 0.15) is 16.7 Å². The molecule has 1 saturated heterocycles. The quantitative estimate of drug-likeness (QED) is 0.286. The van der Waals surface area contributed by atoms with E-state index in [1.54, 1.807) is 60.7 Å². The molecule has 0 aliphatic carbocycles. The van der Waals surface area contributed by atoms with Crippen molar-refractivity contribution in [2.24, 2.45) is 0 Å². The summed E-state index contributed by atoms with van der Waals surface area (Å²) in [4.78, 5) is 39.4. The second kappa shape index (κ2) is 11.5. The highest BCUT2D eigenvalue weighted by atomic mass is 79.9. The normalized spacial score (nSPS) is 14.4. The van der Waals surface area contributed by atoms with Gasteiger partial charge in [-0.25, -0.2) is 0 Å². The summed E-state index contributed by atoms with van der Waals surface area (Å²) in [5, 5.41) is 3.50. The van der Waals surface area contributed by atoms with E-state index in [9.17, 15) is 14.4 Å². The summed E-state index contributed by atoms with van der Waals surface area (Å²) in [6, 6.07) is 17.4. The molecule has 10 heteroatoms. The number of thioether (sulfide) groups is 1. The molecule has 1 fully saturated rings. The Hall–Kier alpha value is -2.78. The Labute approximate surface area is 230 Å². The van der Waals surface area contributed by atoms with Crippen LogP contribution in [-0.4, -0.2) is 28.6 Å². The van der Waals surface area contributed by atoms with E-state index >= 15 is 0 Å². The van der Waals surface area contributed by atoms with Crippen LogP contribution in [0.15, 0.2) is 70.0 Å². The average molecular weight is 606 g/mol. The first-order valence-corrected chi connectivity index (χ1v) is 13.0. The highest BCUT2D eigenvalue weighted by Gasteiger charge is 2.35. The van der Waals surface area contributed by atoms with Crippen LogP contribution >= 0.6 is 50.9 Å². The van der Waals surface area contributed by atoms with E-state index in [2.05, 4.69) is 21.2 Å². The number of hydrogen-bond acceptors (Lipinski definition) is 5. The number of carbonyl (C=O) groups is 3. The number of nitrogens with one attached hydrogen (secondary N) is 1. The van der Waals surface area contributed by atoms with E-state index < -0.39 is 5.91 Å². The van der Waals surface area contributed by atoms with Crippen LogP contribution in [0.25, 0.3) is 6.08 Å². The van der Waals surface area contributed by atoms with Crippen LogP contribution in [0.5, 0.6) is 5.75 Å². The number of halogens is 3. The first kappa shape index (κ1) is 26.3. The van der Waals surface area contributed by atoms with Gasteiger partial charge in [0.2, 0.25) is 0 Å². The Kier molecular flexibility index (Phi) is 8.41. The minimum atomic E-state index is -0.403. The van der Waals surface area contributed by atoms with Crippen molar-refractivity contribution in [1.82, 2.24) is 4.90 Å². The molecule has 0 aromatic heterocycles. The van der Waals surface area contributed by atoms with Crippen molar-refractivity contribution in [3.8, 4) is 5.75 Å². The molecular weight excluding hydrogens is 587 g/mol. The molecule has 0 saturated carbocycles. The Balaban J connectivity index is 1.47. The van der Waals surface area contributed by atoms with E-state index in [1.807, 2.05) is 13.0 Å². The van der Waals surface area contributed by atoms with Gasteiger partial charge in [0.15, 0.2) is 6.61 Å². The van der Waals surface area contributed by atoms with E-state index in [4.69, 9.17) is 27.9 Å². The Bertz CT molecular complexity index is 1380. The van der Waals surface area contributed by atoms with Crippen LogP contribution in [-0.2, 0) is 16.1 Å². The summed E-state index contributed by atoms with van der Waals surface area (Å²) >= 11 is 16.3. The zero-order chi connectivity index (χ0) is 25.8. The summed E-state index contributed by atoms with van der Waals surface area (Å²) < 4.78 is 6.49. The van der Waals surface area contributed by atoms with Crippen LogP contribution in [0.3, 0.4) is 0 Å². The molecule has 4 rings (SSSR count). The van der Waals surface area contributed by atoms with Crippen LogP contribution in [0.4, 0.5) is 10.5 Å². The van der Waals surface area contributed by atoms with Crippen molar-refractivity contribution in [3.05, 3.63) is 96.8 Å². The lowest BCUT2D eigenvalue weighted by Gasteiger charge is -2.13.